The number of ether oxygens (including phenoxy) is 1. The van der Waals surface area contributed by atoms with Crippen molar-refractivity contribution >= 4 is 17.7 Å². The number of phenols is 1. The summed E-state index contributed by atoms with van der Waals surface area (Å²) in [5.74, 6) is -1.86. The van der Waals surface area contributed by atoms with E-state index < -0.39 is 17.7 Å². The average molecular weight is 264 g/mol. The second-order valence-corrected chi connectivity index (χ2v) is 3.99. The Kier molecular flexibility index (Phi) is 3.37. The molecular formula is C12H12N2O5. The Balaban J connectivity index is 2.29. The SMILES string of the molecule is COc1cccc(C(=O)N2CC(=O)NC(=O)C2)c1O. The Labute approximate surface area is 108 Å². The Hall–Kier alpha value is -2.57. The summed E-state index contributed by atoms with van der Waals surface area (Å²) in [6.45, 7) is -0.442. The van der Waals surface area contributed by atoms with Crippen LogP contribution in [0.15, 0.2) is 18.2 Å². The van der Waals surface area contributed by atoms with Crippen molar-refractivity contribution in [2.24, 2.45) is 0 Å². The number of rotatable bonds is 2. The predicted molar refractivity (Wildman–Crippen MR) is 63.7 cm³/mol. The van der Waals surface area contributed by atoms with Gasteiger partial charge in [0.15, 0.2) is 11.5 Å². The Bertz CT molecular complexity index is 539. The molecule has 0 aliphatic carbocycles. The van der Waals surface area contributed by atoms with Crippen LogP contribution in [0.5, 0.6) is 11.5 Å². The number of carbonyl (C=O) groups is 3. The first-order valence-corrected chi connectivity index (χ1v) is 5.51. The van der Waals surface area contributed by atoms with Crippen molar-refractivity contribution < 1.29 is 24.2 Å². The molecule has 1 saturated heterocycles. The molecule has 7 heteroatoms. The number of hydrogen-bond donors (Lipinski definition) is 2. The number of imide groups is 1. The number of nitrogens with zero attached hydrogens (tertiary/aromatic N) is 1. The lowest BCUT2D eigenvalue weighted by molar-refractivity contribution is -0.135. The fraction of sp³-hybridized carbons (Fsp3) is 0.250. The van der Waals surface area contributed by atoms with Crippen molar-refractivity contribution in [2.75, 3.05) is 20.2 Å². The molecule has 0 unspecified atom stereocenters. The smallest absolute Gasteiger partial charge is 0.258 e. The van der Waals surface area contributed by atoms with Crippen LogP contribution in [0.1, 0.15) is 10.4 Å². The molecule has 1 aromatic rings. The molecule has 3 amide bonds. The van der Waals surface area contributed by atoms with Crippen molar-refractivity contribution in [1.29, 1.82) is 0 Å². The summed E-state index contributed by atoms with van der Waals surface area (Å²) in [6, 6.07) is 4.44. The quantitative estimate of drug-likeness (QED) is 0.702. The number of hydrogen-bond acceptors (Lipinski definition) is 5. The fourth-order valence-electron chi connectivity index (χ4n) is 1.81. The average Bonchev–Trinajstić information content (AvgIpc) is 2.37. The van der Waals surface area contributed by atoms with Gasteiger partial charge in [-0.05, 0) is 12.1 Å². The summed E-state index contributed by atoms with van der Waals surface area (Å²) in [5.41, 5.74) is -0.0122. The predicted octanol–water partition coefficient (Wildman–Crippen LogP) is -0.501. The third-order valence-electron chi connectivity index (χ3n) is 2.68. The van der Waals surface area contributed by atoms with Crippen LogP contribution in [0.2, 0.25) is 0 Å². The van der Waals surface area contributed by atoms with Gasteiger partial charge >= 0.3 is 0 Å². The summed E-state index contributed by atoms with van der Waals surface area (Å²) in [7, 11) is 1.36. The van der Waals surface area contributed by atoms with Crippen molar-refractivity contribution in [3.63, 3.8) is 0 Å². The van der Waals surface area contributed by atoms with E-state index >= 15 is 0 Å². The molecule has 1 heterocycles. The summed E-state index contributed by atoms with van der Waals surface area (Å²) < 4.78 is 4.90. The van der Waals surface area contributed by atoms with Crippen molar-refractivity contribution in [3.05, 3.63) is 23.8 Å². The van der Waals surface area contributed by atoms with Gasteiger partial charge in [0, 0.05) is 0 Å². The standard InChI is InChI=1S/C12H12N2O5/c1-19-8-4-2-3-7(11(8)17)12(18)14-5-9(15)13-10(16)6-14/h2-4,17H,5-6H2,1H3,(H,13,15,16). The van der Waals surface area contributed by atoms with Crippen LogP contribution < -0.4 is 10.1 Å². The lowest BCUT2D eigenvalue weighted by atomic mass is 10.1. The van der Waals surface area contributed by atoms with Gasteiger partial charge in [-0.1, -0.05) is 6.07 Å². The number of carbonyl (C=O) groups excluding carboxylic acids is 3. The zero-order valence-corrected chi connectivity index (χ0v) is 10.2. The molecule has 1 aromatic carbocycles. The van der Waals surface area contributed by atoms with Crippen molar-refractivity contribution in [2.45, 2.75) is 0 Å². The summed E-state index contributed by atoms with van der Waals surface area (Å²) >= 11 is 0. The Morgan fingerprint density at radius 3 is 2.53 bits per heavy atom. The molecule has 7 nitrogen and oxygen atoms in total. The van der Waals surface area contributed by atoms with Crippen LogP contribution in [0, 0.1) is 0 Å². The number of methoxy groups -OCH3 is 1. The maximum absolute atomic E-state index is 12.2. The fourth-order valence-corrected chi connectivity index (χ4v) is 1.81. The van der Waals surface area contributed by atoms with Gasteiger partial charge in [-0.15, -0.1) is 0 Å². The largest absolute Gasteiger partial charge is 0.504 e. The molecule has 0 spiro atoms. The summed E-state index contributed by atoms with van der Waals surface area (Å²) in [5, 5.41) is 12.0. The third kappa shape index (κ3) is 2.49. The number of aromatic hydroxyl groups is 1. The normalized spacial score (nSPS) is 15.1. The topological polar surface area (TPSA) is 95.9 Å². The zero-order valence-electron chi connectivity index (χ0n) is 10.2. The molecule has 0 aromatic heterocycles. The third-order valence-corrected chi connectivity index (χ3v) is 2.68. The molecule has 0 bridgehead atoms. The maximum atomic E-state index is 12.2. The highest BCUT2D eigenvalue weighted by Crippen LogP contribution is 2.30. The minimum absolute atomic E-state index is 0.0122. The first-order chi connectivity index (χ1) is 9.02. The molecule has 2 rings (SSSR count). The van der Waals surface area contributed by atoms with E-state index in [0.717, 1.165) is 4.90 Å². The molecule has 0 atom stereocenters. The number of piperazine rings is 1. The van der Waals surface area contributed by atoms with Gasteiger partial charge in [-0.2, -0.15) is 0 Å². The van der Waals surface area contributed by atoms with Crippen molar-refractivity contribution in [1.82, 2.24) is 10.2 Å². The van der Waals surface area contributed by atoms with Gasteiger partial charge in [0.25, 0.3) is 5.91 Å². The van der Waals surface area contributed by atoms with Crippen LogP contribution >= 0.6 is 0 Å². The lowest BCUT2D eigenvalue weighted by Crippen LogP contribution is -2.53. The Morgan fingerprint density at radius 1 is 1.32 bits per heavy atom. The molecule has 2 N–H and O–H groups in total. The van der Waals surface area contributed by atoms with Crippen molar-refractivity contribution in [3.8, 4) is 11.5 Å². The van der Waals surface area contributed by atoms with Crippen LogP contribution in [-0.2, 0) is 9.59 Å². The van der Waals surface area contributed by atoms with Gasteiger partial charge in [0.05, 0.1) is 12.7 Å². The van der Waals surface area contributed by atoms with E-state index in [9.17, 15) is 19.5 Å². The molecule has 100 valence electrons. The first kappa shape index (κ1) is 12.9. The monoisotopic (exact) mass is 264 g/mol. The molecule has 1 aliphatic heterocycles. The van der Waals surface area contributed by atoms with Gasteiger partial charge in [0.1, 0.15) is 13.1 Å². The number of nitrogens with one attached hydrogen (secondary N) is 1. The number of para-hydroxylation sites is 1. The second kappa shape index (κ2) is 4.97. The summed E-state index contributed by atoms with van der Waals surface area (Å²) in [6.07, 6.45) is 0. The number of amides is 3. The molecular weight excluding hydrogens is 252 g/mol. The number of benzene rings is 1. The number of phenolic OH excluding ortho intramolecular Hbond substituents is 1. The Morgan fingerprint density at radius 2 is 1.95 bits per heavy atom. The van der Waals surface area contributed by atoms with E-state index in [-0.39, 0.29) is 30.2 Å². The molecule has 0 radical (unpaired) electrons. The van der Waals surface area contributed by atoms with Gasteiger partial charge in [0.2, 0.25) is 11.8 Å². The minimum Gasteiger partial charge on any atom is -0.504 e. The minimum atomic E-state index is -0.598. The zero-order chi connectivity index (χ0) is 14.0. The van der Waals surface area contributed by atoms with Crippen LogP contribution in [0.25, 0.3) is 0 Å². The second-order valence-electron chi connectivity index (χ2n) is 3.99. The van der Waals surface area contributed by atoms with Crippen LogP contribution in [-0.4, -0.2) is 47.9 Å². The summed E-state index contributed by atoms with van der Waals surface area (Å²) in [4.78, 5) is 35.7. The van der Waals surface area contributed by atoms with Gasteiger partial charge in [-0.25, -0.2) is 0 Å². The van der Waals surface area contributed by atoms with E-state index in [1.54, 1.807) is 0 Å². The van der Waals surface area contributed by atoms with E-state index in [0.29, 0.717) is 0 Å². The molecule has 0 saturated carbocycles. The van der Waals surface area contributed by atoms with Gasteiger partial charge in [-0.3, -0.25) is 19.7 Å². The highest BCUT2D eigenvalue weighted by atomic mass is 16.5. The first-order valence-electron chi connectivity index (χ1n) is 5.51. The van der Waals surface area contributed by atoms with Crippen LogP contribution in [0.4, 0.5) is 0 Å². The van der Waals surface area contributed by atoms with E-state index in [1.165, 1.54) is 25.3 Å². The van der Waals surface area contributed by atoms with E-state index in [2.05, 4.69) is 5.32 Å². The molecule has 1 fully saturated rings. The molecule has 19 heavy (non-hydrogen) atoms. The van der Waals surface area contributed by atoms with Crippen LogP contribution in [0.3, 0.4) is 0 Å². The van der Waals surface area contributed by atoms with Gasteiger partial charge < -0.3 is 14.7 Å². The highest BCUT2D eigenvalue weighted by molar-refractivity contribution is 6.06. The maximum Gasteiger partial charge on any atom is 0.258 e. The molecule has 1 aliphatic rings. The van der Waals surface area contributed by atoms with E-state index in [1.807, 2.05) is 0 Å². The highest BCUT2D eigenvalue weighted by Gasteiger charge is 2.29. The lowest BCUT2D eigenvalue weighted by Gasteiger charge is -2.25. The van der Waals surface area contributed by atoms with E-state index in [4.69, 9.17) is 4.74 Å².